The Bertz CT molecular complexity index is 2290. The lowest BCUT2D eigenvalue weighted by Crippen LogP contribution is -2.50. The SMILES string of the molecule is O=C1CCC(Nc2ccc(C3CCN(CC4CCN(C(=O)[C@H]5CC[C@H](Nc6ncc(F)c(-c7cccc(-c8ccc[nH]c8=O)c7)n6)CC5)CC4)CC3(F)F)c(F)c2)C(=O)N1. The molecule has 2 unspecified atom stereocenters. The van der Waals surface area contributed by atoms with Crippen molar-refractivity contribution < 1.29 is 31.9 Å². The minimum Gasteiger partial charge on any atom is -0.374 e. The topological polar surface area (TPSA) is 152 Å². The maximum Gasteiger partial charge on any atom is 0.267 e. The van der Waals surface area contributed by atoms with Crippen LogP contribution in [0.15, 0.2) is 71.8 Å². The number of hydrogen-bond donors (Lipinski definition) is 4. The first-order valence-electron chi connectivity index (χ1n) is 20.8. The summed E-state index contributed by atoms with van der Waals surface area (Å²) in [5.74, 6) is -6.17. The molecule has 4 N–H and O–H groups in total. The van der Waals surface area contributed by atoms with Crippen molar-refractivity contribution in [1.82, 2.24) is 30.1 Å². The molecule has 3 amide bonds. The molecular formula is C44H48F4N8O4. The van der Waals surface area contributed by atoms with Gasteiger partial charge in [0.15, 0.2) is 5.82 Å². The Hall–Kier alpha value is -5.64. The van der Waals surface area contributed by atoms with Gasteiger partial charge >= 0.3 is 0 Å². The number of nitrogens with one attached hydrogen (secondary N) is 4. The van der Waals surface area contributed by atoms with Gasteiger partial charge < -0.3 is 20.5 Å². The Morgan fingerprint density at radius 2 is 1.63 bits per heavy atom. The largest absolute Gasteiger partial charge is 0.374 e. The van der Waals surface area contributed by atoms with E-state index in [4.69, 9.17) is 0 Å². The second kappa shape index (κ2) is 17.5. The number of amides is 3. The molecule has 16 heteroatoms. The highest BCUT2D eigenvalue weighted by molar-refractivity contribution is 6.01. The Labute approximate surface area is 344 Å². The first-order valence-corrected chi connectivity index (χ1v) is 20.8. The normalized spacial score (nSPS) is 23.8. The lowest BCUT2D eigenvalue weighted by molar-refractivity contribution is -0.138. The van der Waals surface area contributed by atoms with Crippen LogP contribution < -0.4 is 21.5 Å². The Morgan fingerprint density at radius 3 is 2.37 bits per heavy atom. The van der Waals surface area contributed by atoms with Crippen molar-refractivity contribution in [3.63, 3.8) is 0 Å². The van der Waals surface area contributed by atoms with Crippen molar-refractivity contribution in [3.05, 3.63) is 94.5 Å². The molecule has 4 fully saturated rings. The van der Waals surface area contributed by atoms with Crippen molar-refractivity contribution in [3.8, 4) is 22.4 Å². The van der Waals surface area contributed by atoms with Gasteiger partial charge in [0.05, 0.1) is 18.7 Å². The lowest BCUT2D eigenvalue weighted by atomic mass is 9.84. The maximum absolute atomic E-state index is 15.6. The average molecular weight is 829 g/mol. The molecule has 3 saturated heterocycles. The predicted octanol–water partition coefficient (Wildman–Crippen LogP) is 6.33. The molecule has 8 rings (SSSR count). The zero-order valence-corrected chi connectivity index (χ0v) is 33.1. The average Bonchev–Trinajstić information content (AvgIpc) is 3.23. The molecule has 3 aliphatic heterocycles. The third kappa shape index (κ3) is 9.23. The minimum absolute atomic E-state index is 0.00688. The van der Waals surface area contributed by atoms with E-state index in [0.717, 1.165) is 25.1 Å². The molecule has 5 heterocycles. The van der Waals surface area contributed by atoms with Crippen LogP contribution >= 0.6 is 0 Å². The smallest absolute Gasteiger partial charge is 0.267 e. The quantitative estimate of drug-likeness (QED) is 0.106. The van der Waals surface area contributed by atoms with Gasteiger partial charge in [-0.3, -0.25) is 29.4 Å². The standard InChI is InChI=1S/C44H48F4N8O4/c45-35-22-31(51-37-12-13-38(57)53-41(37)59)10-11-33(35)34-16-18-55(25-44(34,47)48)24-26-14-19-56(20-15-26)42(60)27-6-8-30(9-7-27)52-43-50-23-36(46)39(54-43)29-4-1-3-28(21-29)32-5-2-17-49-40(32)58/h1-5,10-11,17,21-23,26-27,30,34,37,51H,6-9,12-16,18-20,24-25H2,(H,49,58)(H,50,52,54)(H,53,57,59)/t27-,30-,34?,37?. The molecule has 12 nitrogen and oxygen atoms in total. The van der Waals surface area contributed by atoms with E-state index in [-0.39, 0.29) is 77.4 Å². The summed E-state index contributed by atoms with van der Waals surface area (Å²) in [7, 11) is 0. The van der Waals surface area contributed by atoms with E-state index >= 15 is 13.2 Å². The Kier molecular flexibility index (Phi) is 12.0. The number of alkyl halides is 2. The highest BCUT2D eigenvalue weighted by atomic mass is 19.3. The molecule has 60 heavy (non-hydrogen) atoms. The fourth-order valence-electron chi connectivity index (χ4n) is 9.23. The highest BCUT2D eigenvalue weighted by Gasteiger charge is 2.47. The zero-order chi connectivity index (χ0) is 42.0. The number of anilines is 2. The zero-order valence-electron chi connectivity index (χ0n) is 33.1. The number of carbonyl (C=O) groups excluding carboxylic acids is 3. The van der Waals surface area contributed by atoms with E-state index in [0.29, 0.717) is 68.6 Å². The summed E-state index contributed by atoms with van der Waals surface area (Å²) in [6.07, 6.45) is 7.44. The van der Waals surface area contributed by atoms with Gasteiger partial charge in [0, 0.05) is 61.0 Å². The van der Waals surface area contributed by atoms with Gasteiger partial charge in [0.25, 0.3) is 11.5 Å². The summed E-state index contributed by atoms with van der Waals surface area (Å²) in [6.45, 7) is 1.57. The molecule has 2 atom stereocenters. The number of halogens is 4. The second-order valence-electron chi connectivity index (χ2n) is 16.6. The van der Waals surface area contributed by atoms with Gasteiger partial charge in [-0.1, -0.05) is 24.3 Å². The molecule has 0 radical (unpaired) electrons. The number of likely N-dealkylation sites (tertiary alicyclic amines) is 2. The second-order valence-corrected chi connectivity index (χ2v) is 16.6. The van der Waals surface area contributed by atoms with Crippen LogP contribution in [0.1, 0.15) is 69.3 Å². The molecule has 0 spiro atoms. The number of piperidine rings is 3. The number of carbonyl (C=O) groups is 3. The summed E-state index contributed by atoms with van der Waals surface area (Å²) >= 11 is 0. The predicted molar refractivity (Wildman–Crippen MR) is 217 cm³/mol. The number of benzene rings is 2. The number of nitrogens with zero attached hydrogens (tertiary/aromatic N) is 4. The number of pyridine rings is 1. The number of aromatic nitrogens is 3. The number of H-pyrrole nitrogens is 1. The monoisotopic (exact) mass is 828 g/mol. The molecule has 316 valence electrons. The van der Waals surface area contributed by atoms with E-state index in [1.54, 1.807) is 47.5 Å². The maximum atomic E-state index is 15.6. The van der Waals surface area contributed by atoms with Gasteiger partial charge in [0.2, 0.25) is 23.7 Å². The molecule has 4 aromatic rings. The van der Waals surface area contributed by atoms with Gasteiger partial charge in [0.1, 0.15) is 17.6 Å². The van der Waals surface area contributed by atoms with Crippen LogP contribution in [-0.2, 0) is 14.4 Å². The van der Waals surface area contributed by atoms with E-state index in [1.807, 2.05) is 4.90 Å². The van der Waals surface area contributed by atoms with Crippen molar-refractivity contribution >= 4 is 29.4 Å². The van der Waals surface area contributed by atoms with Crippen LogP contribution in [0.2, 0.25) is 0 Å². The summed E-state index contributed by atoms with van der Waals surface area (Å²) in [4.78, 5) is 64.4. The lowest BCUT2D eigenvalue weighted by Gasteiger charge is -2.42. The molecule has 2 aromatic carbocycles. The van der Waals surface area contributed by atoms with E-state index in [1.165, 1.54) is 12.1 Å². The molecule has 1 saturated carbocycles. The third-order valence-electron chi connectivity index (χ3n) is 12.5. The first-order chi connectivity index (χ1) is 28.9. The van der Waals surface area contributed by atoms with E-state index in [2.05, 4.69) is 30.9 Å². The van der Waals surface area contributed by atoms with Crippen LogP contribution in [0, 0.1) is 23.5 Å². The van der Waals surface area contributed by atoms with Crippen LogP contribution in [-0.4, -0.2) is 93.2 Å². The third-order valence-corrected chi connectivity index (χ3v) is 12.5. The molecular weight excluding hydrogens is 781 g/mol. The highest BCUT2D eigenvalue weighted by Crippen LogP contribution is 2.42. The van der Waals surface area contributed by atoms with Crippen LogP contribution in [0.4, 0.5) is 29.2 Å². The van der Waals surface area contributed by atoms with Crippen molar-refractivity contribution in [2.45, 2.75) is 81.7 Å². The summed E-state index contributed by atoms with van der Waals surface area (Å²) in [5, 5.41) is 8.46. The number of rotatable bonds is 10. The number of aromatic amines is 1. The summed E-state index contributed by atoms with van der Waals surface area (Å²) in [5.41, 5.74) is 1.72. The minimum atomic E-state index is -3.15. The van der Waals surface area contributed by atoms with Crippen LogP contribution in [0.25, 0.3) is 22.4 Å². The fraction of sp³-hybridized carbons (Fsp3) is 0.455. The Morgan fingerprint density at radius 1 is 0.850 bits per heavy atom. The number of imide groups is 1. The fourth-order valence-corrected chi connectivity index (χ4v) is 9.23. The van der Waals surface area contributed by atoms with E-state index < -0.39 is 42.0 Å². The van der Waals surface area contributed by atoms with Crippen molar-refractivity contribution in [1.29, 1.82) is 0 Å². The van der Waals surface area contributed by atoms with Gasteiger partial charge in [-0.25, -0.2) is 27.5 Å². The van der Waals surface area contributed by atoms with Gasteiger partial charge in [-0.2, -0.15) is 0 Å². The summed E-state index contributed by atoms with van der Waals surface area (Å²) in [6, 6.07) is 13.7. The van der Waals surface area contributed by atoms with Gasteiger partial charge in [-0.15, -0.1) is 0 Å². The van der Waals surface area contributed by atoms with Crippen molar-refractivity contribution in [2.24, 2.45) is 11.8 Å². The van der Waals surface area contributed by atoms with Crippen molar-refractivity contribution in [2.75, 3.05) is 43.4 Å². The molecule has 2 aromatic heterocycles. The first kappa shape index (κ1) is 41.1. The molecule has 4 aliphatic rings. The van der Waals surface area contributed by atoms with E-state index in [9.17, 15) is 23.6 Å². The molecule has 0 bridgehead atoms. The summed E-state index contributed by atoms with van der Waals surface area (Å²) < 4.78 is 61.4. The Balaban J connectivity index is 0.783. The van der Waals surface area contributed by atoms with Crippen LogP contribution in [0.5, 0.6) is 0 Å². The number of hydrogen-bond acceptors (Lipinski definition) is 9. The van der Waals surface area contributed by atoms with Gasteiger partial charge in [-0.05, 0) is 105 Å². The van der Waals surface area contributed by atoms with Crippen LogP contribution in [0.3, 0.4) is 0 Å². The molecule has 1 aliphatic carbocycles.